The molecule has 1 amide bonds. The van der Waals surface area contributed by atoms with Gasteiger partial charge >= 0.3 is 0 Å². The number of hydrogen-bond acceptors (Lipinski definition) is 6. The molecule has 31 heavy (non-hydrogen) atoms. The summed E-state index contributed by atoms with van der Waals surface area (Å²) in [6, 6.07) is 9.22. The number of hydrogen-bond donors (Lipinski definition) is 2. The highest BCUT2D eigenvalue weighted by Gasteiger charge is 2.73. The van der Waals surface area contributed by atoms with Gasteiger partial charge in [-0.25, -0.2) is 0 Å². The molecule has 8 heteroatoms. The molecule has 1 heterocycles. The summed E-state index contributed by atoms with van der Waals surface area (Å²) in [5.74, 6) is -3.03. The number of amides is 1. The van der Waals surface area contributed by atoms with Gasteiger partial charge in [-0.3, -0.25) is 19.7 Å². The molecule has 2 aromatic rings. The number of nitrogens with one attached hydrogen (secondary N) is 1. The smallest absolute Gasteiger partial charge is 0.280 e. The minimum absolute atomic E-state index is 0.0233. The predicted molar refractivity (Wildman–Crippen MR) is 112 cm³/mol. The van der Waals surface area contributed by atoms with Crippen molar-refractivity contribution in [3.63, 3.8) is 0 Å². The Balaban J connectivity index is 1.95. The van der Waals surface area contributed by atoms with Crippen LogP contribution in [0.2, 0.25) is 0 Å². The molecule has 2 aromatic carbocycles. The first-order valence-electron chi connectivity index (χ1n) is 10.4. The summed E-state index contributed by atoms with van der Waals surface area (Å²) in [7, 11) is 0. The van der Waals surface area contributed by atoms with E-state index in [1.165, 1.54) is 18.2 Å². The molecule has 0 spiro atoms. The van der Waals surface area contributed by atoms with E-state index in [2.05, 4.69) is 5.32 Å². The summed E-state index contributed by atoms with van der Waals surface area (Å²) in [5, 5.41) is 26.1. The standard InChI is InChI=1S/C23H24N2O6/c1-4-5-9-19(26)24-22-15-11-10-14(13(2)3)12-18(15)31-23(22,28)16-7-6-8-17(25(29)30)20(16)21(22)27/h6-8,10-13,28H,4-5,9H2,1-3H3,(H,24,26). The summed E-state index contributed by atoms with van der Waals surface area (Å²) < 4.78 is 5.95. The molecule has 2 atom stereocenters. The molecule has 4 rings (SSSR count). The monoisotopic (exact) mass is 424 g/mol. The van der Waals surface area contributed by atoms with Crippen LogP contribution in [0, 0.1) is 10.1 Å². The normalized spacial score (nSPS) is 23.2. The van der Waals surface area contributed by atoms with Gasteiger partial charge in [0.15, 0.2) is 0 Å². The highest BCUT2D eigenvalue weighted by molar-refractivity contribution is 6.14. The van der Waals surface area contributed by atoms with E-state index < -0.39 is 33.6 Å². The molecule has 8 nitrogen and oxygen atoms in total. The molecule has 0 aromatic heterocycles. The van der Waals surface area contributed by atoms with Crippen molar-refractivity contribution in [2.75, 3.05) is 0 Å². The van der Waals surface area contributed by atoms with Gasteiger partial charge in [-0.15, -0.1) is 0 Å². The average Bonchev–Trinajstić information content (AvgIpc) is 3.09. The summed E-state index contributed by atoms with van der Waals surface area (Å²) >= 11 is 0. The number of nitrogens with zero attached hydrogens (tertiary/aromatic N) is 1. The van der Waals surface area contributed by atoms with E-state index in [0.717, 1.165) is 12.0 Å². The van der Waals surface area contributed by atoms with E-state index in [9.17, 15) is 24.8 Å². The van der Waals surface area contributed by atoms with Crippen LogP contribution >= 0.6 is 0 Å². The highest BCUT2D eigenvalue weighted by Crippen LogP contribution is 2.59. The van der Waals surface area contributed by atoms with Crippen molar-refractivity contribution in [3.05, 3.63) is 68.8 Å². The Bertz CT molecular complexity index is 1110. The molecule has 0 radical (unpaired) electrons. The lowest BCUT2D eigenvalue weighted by molar-refractivity contribution is -0.385. The van der Waals surface area contributed by atoms with Gasteiger partial charge in [0.2, 0.25) is 17.2 Å². The Morgan fingerprint density at radius 1 is 1.26 bits per heavy atom. The van der Waals surface area contributed by atoms with E-state index in [1.54, 1.807) is 12.1 Å². The van der Waals surface area contributed by atoms with Crippen molar-refractivity contribution < 1.29 is 24.4 Å². The van der Waals surface area contributed by atoms with Crippen molar-refractivity contribution in [2.24, 2.45) is 0 Å². The van der Waals surface area contributed by atoms with Gasteiger partial charge in [-0.1, -0.05) is 51.5 Å². The SMILES string of the molecule is CCCCC(=O)NC12C(=O)c3c([N+](=O)[O-])cccc3C1(O)Oc1cc(C(C)C)ccc12. The molecule has 0 bridgehead atoms. The third-order valence-corrected chi connectivity index (χ3v) is 6.10. The third kappa shape index (κ3) is 2.78. The summed E-state index contributed by atoms with van der Waals surface area (Å²) in [4.78, 5) is 37.5. The highest BCUT2D eigenvalue weighted by atomic mass is 16.6. The Hall–Kier alpha value is -3.26. The number of carbonyl (C=O) groups excluding carboxylic acids is 2. The van der Waals surface area contributed by atoms with E-state index in [4.69, 9.17) is 4.74 Å². The first kappa shape index (κ1) is 21.0. The lowest BCUT2D eigenvalue weighted by atomic mass is 9.82. The number of benzene rings is 2. The number of nitro benzene ring substituents is 1. The zero-order valence-electron chi connectivity index (χ0n) is 17.6. The van der Waals surface area contributed by atoms with Gasteiger partial charge in [-0.2, -0.15) is 0 Å². The van der Waals surface area contributed by atoms with E-state index in [1.807, 2.05) is 26.8 Å². The van der Waals surface area contributed by atoms with Gasteiger partial charge in [0.1, 0.15) is 11.3 Å². The first-order chi connectivity index (χ1) is 14.7. The minimum atomic E-state index is -2.29. The maximum absolute atomic E-state index is 13.8. The van der Waals surface area contributed by atoms with Crippen LogP contribution in [0.1, 0.15) is 73.0 Å². The predicted octanol–water partition coefficient (Wildman–Crippen LogP) is 3.65. The van der Waals surface area contributed by atoms with E-state index >= 15 is 0 Å². The van der Waals surface area contributed by atoms with Crippen LogP contribution in [0.25, 0.3) is 0 Å². The molecule has 2 unspecified atom stereocenters. The molecule has 0 fully saturated rings. The van der Waals surface area contributed by atoms with Crippen LogP contribution in [0.5, 0.6) is 5.75 Å². The summed E-state index contributed by atoms with van der Waals surface area (Å²) in [6.07, 6.45) is 1.52. The van der Waals surface area contributed by atoms with Crippen LogP contribution < -0.4 is 10.1 Å². The minimum Gasteiger partial charge on any atom is -0.454 e. The molecule has 2 N–H and O–H groups in total. The topological polar surface area (TPSA) is 119 Å². The van der Waals surface area contributed by atoms with Crippen LogP contribution in [0.3, 0.4) is 0 Å². The number of nitro groups is 1. The van der Waals surface area contributed by atoms with Gasteiger partial charge < -0.3 is 15.2 Å². The number of rotatable bonds is 6. The molecule has 0 saturated heterocycles. The second kappa shape index (κ2) is 7.16. The fraction of sp³-hybridized carbons (Fsp3) is 0.391. The summed E-state index contributed by atoms with van der Waals surface area (Å²) in [5.41, 5.74) is -1.47. The van der Waals surface area contributed by atoms with Gasteiger partial charge in [0.25, 0.3) is 11.5 Å². The maximum Gasteiger partial charge on any atom is 0.280 e. The maximum atomic E-state index is 13.8. The van der Waals surface area contributed by atoms with Gasteiger partial charge in [0.05, 0.1) is 4.92 Å². The quantitative estimate of drug-likeness (QED) is 0.540. The fourth-order valence-electron chi connectivity index (χ4n) is 4.46. The lowest BCUT2D eigenvalue weighted by Gasteiger charge is -2.34. The number of carbonyl (C=O) groups is 2. The molecular weight excluding hydrogens is 400 g/mol. The Morgan fingerprint density at radius 2 is 2.00 bits per heavy atom. The Morgan fingerprint density at radius 3 is 2.65 bits per heavy atom. The Labute approximate surface area is 179 Å². The van der Waals surface area contributed by atoms with Gasteiger partial charge in [-0.05, 0) is 24.0 Å². The number of ketones is 1. The van der Waals surface area contributed by atoms with Gasteiger partial charge in [0, 0.05) is 23.6 Å². The number of Topliss-reactive ketones (excluding diaryl/α,β-unsaturated/α-hetero) is 1. The number of unbranched alkanes of at least 4 members (excludes halogenated alkanes) is 1. The molecule has 162 valence electrons. The van der Waals surface area contributed by atoms with Crippen molar-refractivity contribution in [2.45, 2.75) is 57.3 Å². The zero-order valence-corrected chi connectivity index (χ0v) is 17.6. The van der Waals surface area contributed by atoms with Crippen molar-refractivity contribution >= 4 is 17.4 Å². The lowest BCUT2D eigenvalue weighted by Crippen LogP contribution is -2.60. The Kier molecular flexibility index (Phi) is 4.85. The summed E-state index contributed by atoms with van der Waals surface area (Å²) in [6.45, 7) is 5.93. The second-order valence-electron chi connectivity index (χ2n) is 8.34. The van der Waals surface area contributed by atoms with Crippen LogP contribution in [0.4, 0.5) is 5.69 Å². The molecule has 1 aliphatic heterocycles. The number of ether oxygens (including phenoxy) is 1. The third-order valence-electron chi connectivity index (χ3n) is 6.10. The molecule has 0 saturated carbocycles. The van der Waals surface area contributed by atoms with Crippen LogP contribution in [0.15, 0.2) is 36.4 Å². The van der Waals surface area contributed by atoms with Crippen molar-refractivity contribution in [3.8, 4) is 5.75 Å². The first-order valence-corrected chi connectivity index (χ1v) is 10.4. The van der Waals surface area contributed by atoms with E-state index in [-0.39, 0.29) is 29.2 Å². The molecule has 2 aliphatic rings. The average molecular weight is 424 g/mol. The fourth-order valence-corrected chi connectivity index (χ4v) is 4.46. The van der Waals surface area contributed by atoms with Crippen LogP contribution in [-0.4, -0.2) is 21.7 Å². The van der Waals surface area contributed by atoms with Crippen molar-refractivity contribution in [1.82, 2.24) is 5.32 Å². The molecular formula is C23H24N2O6. The van der Waals surface area contributed by atoms with Crippen molar-refractivity contribution in [1.29, 1.82) is 0 Å². The molecule has 1 aliphatic carbocycles. The zero-order chi connectivity index (χ0) is 22.6. The number of fused-ring (bicyclic) bond motifs is 5. The van der Waals surface area contributed by atoms with Crippen LogP contribution in [-0.2, 0) is 16.1 Å². The number of aliphatic hydroxyl groups is 1. The second-order valence-corrected chi connectivity index (χ2v) is 8.34. The largest absolute Gasteiger partial charge is 0.454 e. The van der Waals surface area contributed by atoms with E-state index in [0.29, 0.717) is 12.0 Å².